The second-order valence-corrected chi connectivity index (χ2v) is 8.42. The van der Waals surface area contributed by atoms with E-state index in [2.05, 4.69) is 20.0 Å². The lowest BCUT2D eigenvalue weighted by Gasteiger charge is -2.12. The molecule has 38 heavy (non-hydrogen) atoms. The van der Waals surface area contributed by atoms with Gasteiger partial charge in [0.05, 0.1) is 38.2 Å². The second kappa shape index (κ2) is 13.0. The maximum atomic E-state index is 12.6. The van der Waals surface area contributed by atoms with Gasteiger partial charge in [0.15, 0.2) is 17.3 Å². The molecular weight excluding hydrogens is 482 g/mol. The van der Waals surface area contributed by atoms with Crippen LogP contribution in [-0.2, 0) is 27.2 Å². The van der Waals surface area contributed by atoms with Gasteiger partial charge in [-0.3, -0.25) is 14.6 Å². The molecule has 0 saturated carbocycles. The summed E-state index contributed by atoms with van der Waals surface area (Å²) >= 11 is 0. The van der Waals surface area contributed by atoms with Crippen molar-refractivity contribution < 1.29 is 23.8 Å². The number of rotatable bonds is 11. The smallest absolute Gasteiger partial charge is 0.309 e. The highest BCUT2D eigenvalue weighted by Gasteiger charge is 2.10. The van der Waals surface area contributed by atoms with Crippen molar-refractivity contribution in [2.45, 2.75) is 26.2 Å². The quantitative estimate of drug-likeness (QED) is 0.261. The average molecular weight is 512 g/mol. The molecule has 0 unspecified atom stereocenters. The van der Waals surface area contributed by atoms with Crippen LogP contribution in [0.2, 0.25) is 0 Å². The first-order chi connectivity index (χ1) is 18.5. The monoisotopic (exact) mass is 511 g/mol. The lowest BCUT2D eigenvalue weighted by Crippen LogP contribution is -2.14. The van der Waals surface area contributed by atoms with E-state index in [1.807, 2.05) is 79.7 Å². The van der Waals surface area contributed by atoms with Gasteiger partial charge in [0, 0.05) is 12.0 Å². The molecule has 0 aliphatic heterocycles. The fraction of sp³-hybridized carbons (Fsp3) is 0.200. The normalized spacial score (nSPS) is 10.5. The van der Waals surface area contributed by atoms with Crippen molar-refractivity contribution in [2.24, 2.45) is 0 Å². The topological polar surface area (TPSA) is 99.6 Å². The van der Waals surface area contributed by atoms with E-state index in [0.717, 1.165) is 16.7 Å². The number of anilines is 1. The summed E-state index contributed by atoms with van der Waals surface area (Å²) in [6.07, 6.45) is 4.22. The van der Waals surface area contributed by atoms with Gasteiger partial charge in [-0.25, -0.2) is 4.98 Å². The molecule has 0 saturated heterocycles. The van der Waals surface area contributed by atoms with E-state index in [-0.39, 0.29) is 24.7 Å². The van der Waals surface area contributed by atoms with Crippen LogP contribution in [0.4, 0.5) is 5.82 Å². The molecule has 1 aromatic heterocycles. The lowest BCUT2D eigenvalue weighted by molar-refractivity contribution is -0.139. The minimum absolute atomic E-state index is 0.167. The Kier molecular flexibility index (Phi) is 9.02. The number of hydrogen-bond acceptors (Lipinski definition) is 7. The van der Waals surface area contributed by atoms with Gasteiger partial charge in [-0.1, -0.05) is 48.5 Å². The highest BCUT2D eigenvalue weighted by Crippen LogP contribution is 2.33. The van der Waals surface area contributed by atoms with Crippen molar-refractivity contribution in [1.29, 1.82) is 0 Å². The maximum absolute atomic E-state index is 12.6. The standard InChI is InChI=1S/C30H29N3O5/c1-3-37-26-9-4-5-10-27(26)38-24-8-6-7-23(18-24)25-19-31-20-28(32-25)33-29(34)16-15-21-11-13-22(14-12-21)17-30(35)36-2/h4-14,18-20H,3,15-17H2,1-2H3,(H,32,33,34). The van der Waals surface area contributed by atoms with Gasteiger partial charge in [-0.15, -0.1) is 0 Å². The number of benzene rings is 3. The molecule has 1 N–H and O–H groups in total. The van der Waals surface area contributed by atoms with Crippen LogP contribution in [-0.4, -0.2) is 35.6 Å². The Hall–Kier alpha value is -4.72. The Balaban J connectivity index is 1.37. The molecule has 3 aromatic carbocycles. The maximum Gasteiger partial charge on any atom is 0.309 e. The number of methoxy groups -OCH3 is 1. The third kappa shape index (κ3) is 7.39. The molecule has 4 aromatic rings. The first kappa shape index (κ1) is 26.3. The number of hydrogen-bond donors (Lipinski definition) is 1. The molecule has 194 valence electrons. The summed E-state index contributed by atoms with van der Waals surface area (Å²) in [7, 11) is 1.37. The number of carbonyl (C=O) groups is 2. The Morgan fingerprint density at radius 2 is 1.66 bits per heavy atom. The van der Waals surface area contributed by atoms with E-state index in [9.17, 15) is 9.59 Å². The molecule has 1 heterocycles. The van der Waals surface area contributed by atoms with Crippen molar-refractivity contribution in [1.82, 2.24) is 9.97 Å². The summed E-state index contributed by atoms with van der Waals surface area (Å²) < 4.78 is 16.4. The van der Waals surface area contributed by atoms with Crippen LogP contribution in [0.25, 0.3) is 11.3 Å². The van der Waals surface area contributed by atoms with Crippen LogP contribution in [0.3, 0.4) is 0 Å². The van der Waals surface area contributed by atoms with Gasteiger partial charge < -0.3 is 19.5 Å². The zero-order chi connectivity index (χ0) is 26.7. The number of amides is 1. The van der Waals surface area contributed by atoms with Crippen molar-refractivity contribution >= 4 is 17.7 Å². The van der Waals surface area contributed by atoms with Crippen LogP contribution in [0.5, 0.6) is 17.2 Å². The predicted molar refractivity (Wildman–Crippen MR) is 144 cm³/mol. The number of para-hydroxylation sites is 2. The van der Waals surface area contributed by atoms with Gasteiger partial charge in [0.2, 0.25) is 5.91 Å². The summed E-state index contributed by atoms with van der Waals surface area (Å²) in [6, 6.07) is 22.5. The average Bonchev–Trinajstić information content (AvgIpc) is 2.94. The second-order valence-electron chi connectivity index (χ2n) is 8.42. The lowest BCUT2D eigenvalue weighted by atomic mass is 10.1. The molecule has 0 atom stereocenters. The van der Waals surface area contributed by atoms with Crippen LogP contribution >= 0.6 is 0 Å². The van der Waals surface area contributed by atoms with E-state index in [0.29, 0.717) is 41.8 Å². The van der Waals surface area contributed by atoms with Gasteiger partial charge in [0.25, 0.3) is 0 Å². The summed E-state index contributed by atoms with van der Waals surface area (Å²) in [5, 5.41) is 2.82. The number of aromatic nitrogens is 2. The summed E-state index contributed by atoms with van der Waals surface area (Å²) in [5.74, 6) is 1.84. The fourth-order valence-electron chi connectivity index (χ4n) is 3.75. The predicted octanol–water partition coefficient (Wildman–Crippen LogP) is 5.62. The molecule has 0 fully saturated rings. The number of nitrogens with zero attached hydrogens (tertiary/aromatic N) is 2. The van der Waals surface area contributed by atoms with E-state index in [1.54, 1.807) is 6.20 Å². The van der Waals surface area contributed by atoms with Gasteiger partial charge in [-0.2, -0.15) is 0 Å². The molecule has 1 amide bonds. The summed E-state index contributed by atoms with van der Waals surface area (Å²) in [5.41, 5.74) is 3.26. The van der Waals surface area contributed by atoms with E-state index < -0.39 is 0 Å². The molecule has 8 heteroatoms. The van der Waals surface area contributed by atoms with Crippen LogP contribution in [0.15, 0.2) is 85.2 Å². The Morgan fingerprint density at radius 3 is 2.42 bits per heavy atom. The molecule has 8 nitrogen and oxygen atoms in total. The fourth-order valence-corrected chi connectivity index (χ4v) is 3.75. The molecule has 0 aliphatic rings. The van der Waals surface area contributed by atoms with E-state index >= 15 is 0 Å². The minimum Gasteiger partial charge on any atom is -0.490 e. The van der Waals surface area contributed by atoms with E-state index in [4.69, 9.17) is 9.47 Å². The largest absolute Gasteiger partial charge is 0.490 e. The van der Waals surface area contributed by atoms with Crippen molar-refractivity contribution in [3.8, 4) is 28.5 Å². The van der Waals surface area contributed by atoms with Crippen molar-refractivity contribution in [3.63, 3.8) is 0 Å². The number of ether oxygens (including phenoxy) is 3. The van der Waals surface area contributed by atoms with Crippen molar-refractivity contribution in [2.75, 3.05) is 19.0 Å². The number of esters is 1. The zero-order valence-corrected chi connectivity index (χ0v) is 21.3. The highest BCUT2D eigenvalue weighted by molar-refractivity contribution is 5.90. The molecule has 0 bridgehead atoms. The first-order valence-electron chi connectivity index (χ1n) is 12.3. The molecule has 0 radical (unpaired) electrons. The first-order valence-corrected chi connectivity index (χ1v) is 12.3. The third-order valence-electron chi connectivity index (χ3n) is 5.65. The zero-order valence-electron chi connectivity index (χ0n) is 21.3. The highest BCUT2D eigenvalue weighted by atomic mass is 16.5. The Morgan fingerprint density at radius 1 is 0.895 bits per heavy atom. The molecule has 0 spiro atoms. The van der Waals surface area contributed by atoms with Gasteiger partial charge in [-0.05, 0) is 48.7 Å². The summed E-state index contributed by atoms with van der Waals surface area (Å²) in [4.78, 5) is 32.8. The summed E-state index contributed by atoms with van der Waals surface area (Å²) in [6.45, 7) is 2.46. The molecule has 4 rings (SSSR count). The third-order valence-corrected chi connectivity index (χ3v) is 5.65. The number of aryl methyl sites for hydroxylation is 1. The minimum atomic E-state index is -0.286. The number of nitrogens with one attached hydrogen (secondary N) is 1. The SMILES string of the molecule is CCOc1ccccc1Oc1cccc(-c2cncc(NC(=O)CCc3ccc(CC(=O)OC)cc3)n2)c1. The van der Waals surface area contributed by atoms with Crippen LogP contribution < -0.4 is 14.8 Å². The van der Waals surface area contributed by atoms with Crippen LogP contribution in [0.1, 0.15) is 24.5 Å². The Labute approximate surface area is 221 Å². The van der Waals surface area contributed by atoms with Gasteiger partial charge >= 0.3 is 5.97 Å². The molecular formula is C30H29N3O5. The number of carbonyl (C=O) groups excluding carboxylic acids is 2. The van der Waals surface area contributed by atoms with Crippen LogP contribution in [0, 0.1) is 0 Å². The Bertz CT molecular complexity index is 1390. The van der Waals surface area contributed by atoms with Gasteiger partial charge in [0.1, 0.15) is 5.75 Å². The van der Waals surface area contributed by atoms with Crippen molar-refractivity contribution in [3.05, 3.63) is 96.3 Å². The molecule has 0 aliphatic carbocycles. The van der Waals surface area contributed by atoms with E-state index in [1.165, 1.54) is 13.3 Å².